The Morgan fingerprint density at radius 1 is 0.848 bits per heavy atom. The molecule has 2 aromatic heterocycles. The fourth-order valence-corrected chi connectivity index (χ4v) is 4.52. The summed E-state index contributed by atoms with van der Waals surface area (Å²) in [5.74, 6) is 0.569. The van der Waals surface area contributed by atoms with Crippen LogP contribution in [0.5, 0.6) is 0 Å². The minimum absolute atomic E-state index is 0.216. The smallest absolute Gasteiger partial charge is 0.242 e. The number of carbonyl (C=O) groups is 1. The van der Waals surface area contributed by atoms with E-state index in [2.05, 4.69) is 20.6 Å². The van der Waals surface area contributed by atoms with Gasteiger partial charge < -0.3 is 15.2 Å². The maximum Gasteiger partial charge on any atom is 0.242 e. The van der Waals surface area contributed by atoms with Crippen molar-refractivity contribution in [2.75, 3.05) is 10.6 Å². The lowest BCUT2D eigenvalue weighted by Crippen LogP contribution is -2.09. The summed E-state index contributed by atoms with van der Waals surface area (Å²) in [7, 11) is 1.84. The van der Waals surface area contributed by atoms with Crippen LogP contribution in [0.2, 0.25) is 10.0 Å². The van der Waals surface area contributed by atoms with Gasteiger partial charge in [0.15, 0.2) is 16.8 Å². The number of hydrogen-bond acceptors (Lipinski definition) is 6. The summed E-state index contributed by atoms with van der Waals surface area (Å²) in [6.45, 7) is 0. The van der Waals surface area contributed by atoms with Gasteiger partial charge in [0.05, 0.1) is 11.0 Å². The number of imidazole rings is 1. The number of benzene rings is 3. The largest absolute Gasteiger partial charge is 0.339 e. The van der Waals surface area contributed by atoms with Gasteiger partial charge in [0.25, 0.3) is 0 Å². The molecular formula is C24H17Cl2N5OS. The Morgan fingerprint density at radius 3 is 2.09 bits per heavy atom. The molecule has 5 rings (SSSR count). The molecule has 9 heteroatoms. The highest BCUT2D eigenvalue weighted by molar-refractivity contribution is 7.18. The number of fused-ring (bicyclic) bond motifs is 1. The number of ketones is 1. The molecule has 0 radical (unpaired) electrons. The number of thiazole rings is 1. The maximum atomic E-state index is 13.6. The second kappa shape index (κ2) is 8.86. The molecule has 164 valence electrons. The molecule has 2 N–H and O–H groups in total. The first-order valence-corrected chi connectivity index (χ1v) is 11.6. The van der Waals surface area contributed by atoms with E-state index in [-0.39, 0.29) is 5.78 Å². The average molecular weight is 494 g/mol. The Hall–Kier alpha value is -3.39. The minimum Gasteiger partial charge on any atom is -0.339 e. The molecule has 33 heavy (non-hydrogen) atoms. The first-order chi connectivity index (χ1) is 16.0. The maximum absolute atomic E-state index is 13.6. The number of rotatable bonds is 6. The van der Waals surface area contributed by atoms with E-state index in [0.717, 1.165) is 22.4 Å². The topological polar surface area (TPSA) is 71.8 Å². The molecule has 0 aliphatic carbocycles. The quantitative estimate of drug-likeness (QED) is 0.248. The van der Waals surface area contributed by atoms with Crippen LogP contribution in [-0.2, 0) is 7.05 Å². The van der Waals surface area contributed by atoms with Gasteiger partial charge in [-0.05, 0) is 60.7 Å². The van der Waals surface area contributed by atoms with Gasteiger partial charge in [-0.15, -0.1) is 0 Å². The van der Waals surface area contributed by atoms with E-state index >= 15 is 0 Å². The molecular weight excluding hydrogens is 477 g/mol. The predicted molar refractivity (Wildman–Crippen MR) is 136 cm³/mol. The van der Waals surface area contributed by atoms with Gasteiger partial charge >= 0.3 is 0 Å². The molecule has 6 nitrogen and oxygen atoms in total. The van der Waals surface area contributed by atoms with Crippen molar-refractivity contribution in [1.82, 2.24) is 14.5 Å². The molecule has 0 aliphatic heterocycles. The molecule has 0 amide bonds. The molecule has 2 heterocycles. The molecule has 0 saturated heterocycles. The van der Waals surface area contributed by atoms with Crippen molar-refractivity contribution in [3.63, 3.8) is 0 Å². The number of aryl methyl sites for hydroxylation is 1. The van der Waals surface area contributed by atoms with E-state index in [4.69, 9.17) is 23.2 Å². The van der Waals surface area contributed by atoms with Gasteiger partial charge in [-0.1, -0.05) is 46.7 Å². The van der Waals surface area contributed by atoms with E-state index in [1.807, 2.05) is 55.6 Å². The van der Waals surface area contributed by atoms with Crippen molar-refractivity contribution < 1.29 is 4.79 Å². The Kier molecular flexibility index (Phi) is 5.76. The van der Waals surface area contributed by atoms with Gasteiger partial charge in [-0.2, -0.15) is 0 Å². The van der Waals surface area contributed by atoms with Gasteiger partial charge in [0.1, 0.15) is 4.88 Å². The highest BCUT2D eigenvalue weighted by Gasteiger charge is 2.24. The van der Waals surface area contributed by atoms with Crippen LogP contribution in [0.25, 0.3) is 11.0 Å². The third kappa shape index (κ3) is 4.43. The SMILES string of the molecule is Cn1c(C(=O)c2sc(Nc3ccc(Cl)cc3)nc2Nc2ccc(Cl)cc2)nc2ccccc21. The third-order valence-electron chi connectivity index (χ3n) is 5.03. The van der Waals surface area contributed by atoms with E-state index in [1.54, 1.807) is 28.8 Å². The molecule has 0 unspecified atom stereocenters. The number of halogens is 2. The first kappa shape index (κ1) is 21.5. The fraction of sp³-hybridized carbons (Fsp3) is 0.0417. The zero-order valence-electron chi connectivity index (χ0n) is 17.3. The first-order valence-electron chi connectivity index (χ1n) is 10.00. The van der Waals surface area contributed by atoms with Crippen LogP contribution >= 0.6 is 34.5 Å². The molecule has 0 atom stereocenters. The third-order valence-corrected chi connectivity index (χ3v) is 6.50. The van der Waals surface area contributed by atoms with Crippen LogP contribution < -0.4 is 10.6 Å². The second-order valence-corrected chi connectivity index (χ2v) is 9.14. The highest BCUT2D eigenvalue weighted by atomic mass is 35.5. The molecule has 0 fully saturated rings. The predicted octanol–water partition coefficient (Wildman–Crippen LogP) is 7.05. The Morgan fingerprint density at radius 2 is 1.45 bits per heavy atom. The van der Waals surface area contributed by atoms with Crippen LogP contribution in [-0.4, -0.2) is 20.3 Å². The normalized spacial score (nSPS) is 11.0. The lowest BCUT2D eigenvalue weighted by molar-refractivity contribution is 0.103. The highest BCUT2D eigenvalue weighted by Crippen LogP contribution is 2.34. The van der Waals surface area contributed by atoms with Gasteiger partial charge in [0, 0.05) is 28.5 Å². The number of nitrogens with one attached hydrogen (secondary N) is 2. The van der Waals surface area contributed by atoms with Gasteiger partial charge in [-0.25, -0.2) is 9.97 Å². The summed E-state index contributed by atoms with van der Waals surface area (Å²) < 4.78 is 1.80. The monoisotopic (exact) mass is 493 g/mol. The number of anilines is 4. The molecule has 5 aromatic rings. The lowest BCUT2D eigenvalue weighted by atomic mass is 10.3. The summed E-state index contributed by atoms with van der Waals surface area (Å²) in [6, 6.07) is 22.1. The van der Waals surface area contributed by atoms with Crippen molar-refractivity contribution in [3.8, 4) is 0 Å². The summed E-state index contributed by atoms with van der Waals surface area (Å²) in [6.07, 6.45) is 0. The van der Waals surface area contributed by atoms with E-state index in [1.165, 1.54) is 11.3 Å². The van der Waals surface area contributed by atoms with Crippen molar-refractivity contribution in [3.05, 3.63) is 93.5 Å². The molecule has 0 spiro atoms. The van der Waals surface area contributed by atoms with E-state index in [0.29, 0.717) is 31.7 Å². The Balaban J connectivity index is 1.54. The summed E-state index contributed by atoms with van der Waals surface area (Å²) in [5, 5.41) is 8.31. The van der Waals surface area contributed by atoms with E-state index < -0.39 is 0 Å². The van der Waals surface area contributed by atoms with Crippen LogP contribution in [0.4, 0.5) is 22.3 Å². The van der Waals surface area contributed by atoms with Crippen LogP contribution in [0.15, 0.2) is 72.8 Å². The van der Waals surface area contributed by atoms with Gasteiger partial charge in [-0.3, -0.25) is 4.79 Å². The Bertz CT molecular complexity index is 1460. The fourth-order valence-electron chi connectivity index (χ4n) is 3.39. The zero-order valence-corrected chi connectivity index (χ0v) is 19.7. The van der Waals surface area contributed by atoms with Crippen LogP contribution in [0, 0.1) is 0 Å². The summed E-state index contributed by atoms with van der Waals surface area (Å²) in [4.78, 5) is 23.2. The molecule has 3 aromatic carbocycles. The number of carbonyl (C=O) groups excluding carboxylic acids is 1. The molecule has 0 bridgehead atoms. The van der Waals surface area contributed by atoms with Crippen LogP contribution in [0.1, 0.15) is 15.5 Å². The molecule has 0 saturated carbocycles. The zero-order chi connectivity index (χ0) is 22.9. The van der Waals surface area contributed by atoms with Crippen molar-refractivity contribution in [1.29, 1.82) is 0 Å². The molecule has 0 aliphatic rings. The second-order valence-electron chi connectivity index (χ2n) is 7.27. The van der Waals surface area contributed by atoms with E-state index in [9.17, 15) is 4.79 Å². The van der Waals surface area contributed by atoms with Crippen molar-refractivity contribution in [2.45, 2.75) is 0 Å². The van der Waals surface area contributed by atoms with Crippen LogP contribution in [0.3, 0.4) is 0 Å². The number of para-hydroxylation sites is 2. The minimum atomic E-state index is -0.216. The summed E-state index contributed by atoms with van der Waals surface area (Å²) >= 11 is 13.3. The number of aromatic nitrogens is 3. The number of nitrogens with zero attached hydrogens (tertiary/aromatic N) is 3. The average Bonchev–Trinajstić information content (AvgIpc) is 3.37. The van der Waals surface area contributed by atoms with Crippen molar-refractivity contribution in [2.24, 2.45) is 7.05 Å². The Labute approximate surface area is 203 Å². The number of hydrogen-bond donors (Lipinski definition) is 2. The van der Waals surface area contributed by atoms with Crippen molar-refractivity contribution >= 4 is 73.7 Å². The van der Waals surface area contributed by atoms with Gasteiger partial charge in [0.2, 0.25) is 5.78 Å². The standard InChI is InChI=1S/C24H17Cl2N5OS/c1-31-19-5-3-2-4-18(19)29-23(31)20(32)21-22(27-16-10-6-14(25)7-11-16)30-24(33-21)28-17-12-8-15(26)9-13-17/h2-13,27H,1H3,(H,28,30). The summed E-state index contributed by atoms with van der Waals surface area (Å²) in [5.41, 5.74) is 3.23. The lowest BCUT2D eigenvalue weighted by Gasteiger charge is -2.06.